The summed E-state index contributed by atoms with van der Waals surface area (Å²) >= 11 is 0. The van der Waals surface area contributed by atoms with E-state index in [1.165, 1.54) is 12.3 Å². The van der Waals surface area contributed by atoms with Gasteiger partial charge in [0.05, 0.1) is 17.8 Å². The molecule has 72 valence electrons. The van der Waals surface area contributed by atoms with E-state index in [-0.39, 0.29) is 6.54 Å². The van der Waals surface area contributed by atoms with E-state index in [0.29, 0.717) is 17.1 Å². The Morgan fingerprint density at radius 2 is 2.43 bits per heavy atom. The van der Waals surface area contributed by atoms with E-state index >= 15 is 0 Å². The second kappa shape index (κ2) is 4.09. The highest BCUT2D eigenvalue weighted by Crippen LogP contribution is 2.15. The van der Waals surface area contributed by atoms with Crippen LogP contribution in [0.5, 0.6) is 0 Å². The summed E-state index contributed by atoms with van der Waals surface area (Å²) in [5.41, 5.74) is 11.2. The Morgan fingerprint density at radius 1 is 1.71 bits per heavy atom. The third kappa shape index (κ3) is 2.35. The minimum atomic E-state index is -0.504. The van der Waals surface area contributed by atoms with E-state index in [1.54, 1.807) is 0 Å². The Hall–Kier alpha value is -2.29. The number of amides is 1. The number of hydrogen-bond acceptors (Lipinski definition) is 5. The zero-order chi connectivity index (χ0) is 10.6. The number of aromatic nitrogens is 1. The molecule has 0 aliphatic rings. The predicted molar refractivity (Wildman–Crippen MR) is 51.0 cm³/mol. The highest BCUT2D eigenvalue weighted by Gasteiger charge is 2.02. The zero-order valence-electron chi connectivity index (χ0n) is 7.32. The van der Waals surface area contributed by atoms with Crippen LogP contribution in [-0.4, -0.2) is 17.4 Å². The van der Waals surface area contributed by atoms with Crippen molar-refractivity contribution in [2.24, 2.45) is 5.73 Å². The summed E-state index contributed by atoms with van der Waals surface area (Å²) in [6, 6.07) is 3.37. The Bertz CT molecular complexity index is 395. The molecule has 0 unspecified atom stereocenters. The third-order valence-corrected chi connectivity index (χ3v) is 1.48. The van der Waals surface area contributed by atoms with Crippen molar-refractivity contribution >= 4 is 17.4 Å². The van der Waals surface area contributed by atoms with Gasteiger partial charge in [-0.05, 0) is 6.07 Å². The number of carbonyl (C=O) groups is 1. The number of primary amides is 1. The van der Waals surface area contributed by atoms with Crippen molar-refractivity contribution in [2.75, 3.05) is 17.6 Å². The lowest BCUT2D eigenvalue weighted by molar-refractivity contribution is -0.116. The average molecular weight is 191 g/mol. The molecule has 0 atom stereocenters. The monoisotopic (exact) mass is 191 g/mol. The molecule has 1 aromatic heterocycles. The van der Waals surface area contributed by atoms with Gasteiger partial charge in [-0.15, -0.1) is 0 Å². The Labute approximate surface area is 80.5 Å². The van der Waals surface area contributed by atoms with Crippen LogP contribution in [0.15, 0.2) is 12.3 Å². The number of hydrogen-bond donors (Lipinski definition) is 3. The molecule has 0 aromatic carbocycles. The van der Waals surface area contributed by atoms with Gasteiger partial charge in [0.15, 0.2) is 0 Å². The second-order valence-electron chi connectivity index (χ2n) is 2.59. The number of nitriles is 1. The van der Waals surface area contributed by atoms with Crippen LogP contribution >= 0.6 is 0 Å². The third-order valence-electron chi connectivity index (χ3n) is 1.48. The number of anilines is 2. The largest absolute Gasteiger partial charge is 0.396 e. The fourth-order valence-electron chi connectivity index (χ4n) is 0.861. The summed E-state index contributed by atoms with van der Waals surface area (Å²) in [6.07, 6.45) is 1.36. The van der Waals surface area contributed by atoms with E-state index < -0.39 is 5.91 Å². The minimum Gasteiger partial charge on any atom is -0.396 e. The quantitative estimate of drug-likeness (QED) is 0.591. The van der Waals surface area contributed by atoms with Crippen molar-refractivity contribution in [1.82, 2.24) is 4.98 Å². The van der Waals surface area contributed by atoms with E-state index in [4.69, 9.17) is 16.7 Å². The van der Waals surface area contributed by atoms with Crippen molar-refractivity contribution in [3.63, 3.8) is 0 Å². The summed E-state index contributed by atoms with van der Waals surface area (Å²) < 4.78 is 0. The van der Waals surface area contributed by atoms with Gasteiger partial charge in [0.1, 0.15) is 11.9 Å². The molecule has 5 N–H and O–H groups in total. The van der Waals surface area contributed by atoms with Gasteiger partial charge in [-0.2, -0.15) is 5.26 Å². The van der Waals surface area contributed by atoms with Crippen molar-refractivity contribution in [3.8, 4) is 6.07 Å². The highest BCUT2D eigenvalue weighted by atomic mass is 16.1. The maximum absolute atomic E-state index is 10.4. The molecule has 1 heterocycles. The lowest BCUT2D eigenvalue weighted by atomic mass is 10.3. The van der Waals surface area contributed by atoms with Crippen LogP contribution in [0.3, 0.4) is 0 Å². The molecule has 0 bridgehead atoms. The molecule has 6 nitrogen and oxygen atoms in total. The number of nitrogens with zero attached hydrogens (tertiary/aromatic N) is 2. The van der Waals surface area contributed by atoms with Gasteiger partial charge in [-0.1, -0.05) is 0 Å². The van der Waals surface area contributed by atoms with Gasteiger partial charge in [-0.25, -0.2) is 4.98 Å². The van der Waals surface area contributed by atoms with E-state index in [1.807, 2.05) is 6.07 Å². The molecule has 0 radical (unpaired) electrons. The first-order valence-electron chi connectivity index (χ1n) is 3.81. The summed E-state index contributed by atoms with van der Waals surface area (Å²) in [6.45, 7) is -0.0386. The Kier molecular flexibility index (Phi) is 2.86. The van der Waals surface area contributed by atoms with Crippen molar-refractivity contribution in [2.45, 2.75) is 0 Å². The number of nitrogen functional groups attached to an aromatic ring is 1. The predicted octanol–water partition coefficient (Wildman–Crippen LogP) is -0.567. The smallest absolute Gasteiger partial charge is 0.236 e. The van der Waals surface area contributed by atoms with E-state index in [9.17, 15) is 4.79 Å². The van der Waals surface area contributed by atoms with Crippen LogP contribution in [0.25, 0.3) is 0 Å². The fourth-order valence-corrected chi connectivity index (χ4v) is 0.861. The standard InChI is InChI=1S/C8H9N5O/c9-2-5-1-6(10)8(12-3-5)13-4-7(11)14/h1,3H,4,10H2,(H2,11,14)(H,12,13). The van der Waals surface area contributed by atoms with Crippen LogP contribution < -0.4 is 16.8 Å². The summed E-state index contributed by atoms with van der Waals surface area (Å²) in [4.78, 5) is 14.3. The molecule has 0 saturated carbocycles. The highest BCUT2D eigenvalue weighted by molar-refractivity contribution is 5.79. The van der Waals surface area contributed by atoms with Crippen molar-refractivity contribution in [3.05, 3.63) is 17.8 Å². The minimum absolute atomic E-state index is 0.0386. The number of rotatable bonds is 3. The van der Waals surface area contributed by atoms with Gasteiger partial charge in [0.25, 0.3) is 0 Å². The van der Waals surface area contributed by atoms with Crippen molar-refractivity contribution in [1.29, 1.82) is 5.26 Å². The molecular weight excluding hydrogens is 182 g/mol. The molecule has 1 aromatic rings. The topological polar surface area (TPSA) is 118 Å². The molecule has 0 saturated heterocycles. The Morgan fingerprint density at radius 3 is 2.93 bits per heavy atom. The zero-order valence-corrected chi connectivity index (χ0v) is 7.32. The van der Waals surface area contributed by atoms with Crippen LogP contribution in [0, 0.1) is 11.3 Å². The molecule has 1 rings (SSSR count). The first-order chi connectivity index (χ1) is 6.63. The molecule has 14 heavy (non-hydrogen) atoms. The molecular formula is C8H9N5O. The fraction of sp³-hybridized carbons (Fsp3) is 0.125. The molecule has 0 aliphatic heterocycles. The lowest BCUT2D eigenvalue weighted by Gasteiger charge is -2.05. The maximum Gasteiger partial charge on any atom is 0.236 e. The van der Waals surface area contributed by atoms with E-state index in [0.717, 1.165) is 0 Å². The Balaban J connectivity index is 2.80. The lowest BCUT2D eigenvalue weighted by Crippen LogP contribution is -2.22. The number of nitrogens with two attached hydrogens (primary N) is 2. The molecule has 0 fully saturated rings. The van der Waals surface area contributed by atoms with Crippen LogP contribution in [0.2, 0.25) is 0 Å². The first-order valence-corrected chi connectivity index (χ1v) is 3.81. The van der Waals surface area contributed by atoms with Crippen LogP contribution in [-0.2, 0) is 4.79 Å². The SMILES string of the molecule is N#Cc1cnc(NCC(N)=O)c(N)c1. The molecule has 1 amide bonds. The summed E-state index contributed by atoms with van der Waals surface area (Å²) in [5.74, 6) is -0.154. The first kappa shape index (κ1) is 9.80. The number of pyridine rings is 1. The van der Waals surface area contributed by atoms with E-state index in [2.05, 4.69) is 10.3 Å². The summed E-state index contributed by atoms with van der Waals surface area (Å²) in [5, 5.41) is 11.2. The molecule has 6 heteroatoms. The summed E-state index contributed by atoms with van der Waals surface area (Å²) in [7, 11) is 0. The molecule has 0 aliphatic carbocycles. The normalized spacial score (nSPS) is 9.07. The van der Waals surface area contributed by atoms with Gasteiger partial charge in [-0.3, -0.25) is 4.79 Å². The van der Waals surface area contributed by atoms with Gasteiger partial charge in [0, 0.05) is 6.20 Å². The van der Waals surface area contributed by atoms with Crippen LogP contribution in [0.4, 0.5) is 11.5 Å². The van der Waals surface area contributed by atoms with Gasteiger partial charge in [0.2, 0.25) is 5.91 Å². The number of carbonyl (C=O) groups excluding carboxylic acids is 1. The molecule has 0 spiro atoms. The van der Waals surface area contributed by atoms with Crippen LogP contribution in [0.1, 0.15) is 5.56 Å². The van der Waals surface area contributed by atoms with Crippen molar-refractivity contribution < 1.29 is 4.79 Å². The second-order valence-corrected chi connectivity index (χ2v) is 2.59. The van der Waals surface area contributed by atoms with Gasteiger partial charge < -0.3 is 16.8 Å². The van der Waals surface area contributed by atoms with Gasteiger partial charge >= 0.3 is 0 Å². The average Bonchev–Trinajstić information content (AvgIpc) is 2.15. The number of nitrogens with one attached hydrogen (secondary N) is 1. The maximum atomic E-state index is 10.4.